The first-order valence-corrected chi connectivity index (χ1v) is 16.1. The second-order valence-corrected chi connectivity index (χ2v) is 11.7. The van der Waals surface area contributed by atoms with Crippen molar-refractivity contribution in [2.24, 2.45) is 0 Å². The van der Waals surface area contributed by atoms with Crippen molar-refractivity contribution in [3.8, 4) is 78.7 Å². The Balaban J connectivity index is 1.38. The van der Waals surface area contributed by atoms with Crippen molar-refractivity contribution < 1.29 is 0 Å². The highest BCUT2D eigenvalue weighted by Gasteiger charge is 2.19. The zero-order valence-corrected chi connectivity index (χ0v) is 26.2. The molecule has 0 saturated heterocycles. The molecule has 0 amide bonds. The van der Waals surface area contributed by atoms with Crippen LogP contribution in [-0.4, -0.2) is 15.0 Å². The third-order valence-electron chi connectivity index (χ3n) is 8.57. The van der Waals surface area contributed by atoms with Crippen molar-refractivity contribution in [3.05, 3.63) is 188 Å². The molecule has 0 aliphatic rings. The molecular weight excluding hydrogens is 583 g/mol. The molecule has 0 atom stereocenters. The largest absolute Gasteiger partial charge is 0.208 e. The van der Waals surface area contributed by atoms with Crippen LogP contribution in [0.4, 0.5) is 0 Å². The smallest absolute Gasteiger partial charge is 0.164 e. The summed E-state index contributed by atoms with van der Waals surface area (Å²) in [4.78, 5) is 15.7. The van der Waals surface area contributed by atoms with Crippen LogP contribution in [0.25, 0.3) is 78.7 Å². The molecule has 0 saturated carbocycles. The SMILES string of the molecule is c1ccc(-c2cccc(-c3nc(-c4ccccc4-c4ccccc4)nc(-c4cc(-c5ccccc5)ccc4-c4ccccc4)n3)c2)cc1. The van der Waals surface area contributed by atoms with E-state index >= 15 is 0 Å². The van der Waals surface area contributed by atoms with Crippen LogP contribution in [0.15, 0.2) is 188 Å². The Labute approximate surface area is 280 Å². The molecule has 1 aromatic heterocycles. The molecule has 0 aliphatic carbocycles. The van der Waals surface area contributed by atoms with Crippen LogP contribution < -0.4 is 0 Å². The van der Waals surface area contributed by atoms with Gasteiger partial charge >= 0.3 is 0 Å². The average molecular weight is 614 g/mol. The number of rotatable bonds is 7. The molecule has 8 rings (SSSR count). The number of hydrogen-bond acceptors (Lipinski definition) is 3. The zero-order valence-electron chi connectivity index (χ0n) is 26.2. The number of nitrogens with zero attached hydrogens (tertiary/aromatic N) is 3. The quantitative estimate of drug-likeness (QED) is 0.179. The van der Waals surface area contributed by atoms with Gasteiger partial charge in [-0.15, -0.1) is 0 Å². The predicted molar refractivity (Wildman–Crippen MR) is 198 cm³/mol. The maximum absolute atomic E-state index is 5.26. The van der Waals surface area contributed by atoms with E-state index in [0.717, 1.165) is 61.2 Å². The molecule has 3 nitrogen and oxygen atoms in total. The summed E-state index contributed by atoms with van der Waals surface area (Å²) in [6, 6.07) is 65.1. The lowest BCUT2D eigenvalue weighted by Gasteiger charge is -2.15. The summed E-state index contributed by atoms with van der Waals surface area (Å²) in [5, 5.41) is 0. The fourth-order valence-corrected chi connectivity index (χ4v) is 6.17. The van der Waals surface area contributed by atoms with Crippen molar-refractivity contribution in [2.75, 3.05) is 0 Å². The Morgan fingerprint density at radius 3 is 1.19 bits per heavy atom. The van der Waals surface area contributed by atoms with Gasteiger partial charge in [0.05, 0.1) is 0 Å². The van der Waals surface area contributed by atoms with Crippen LogP contribution in [0.3, 0.4) is 0 Å². The fraction of sp³-hybridized carbons (Fsp3) is 0. The molecule has 0 aliphatic heterocycles. The van der Waals surface area contributed by atoms with Gasteiger partial charge in [0.25, 0.3) is 0 Å². The van der Waals surface area contributed by atoms with E-state index in [9.17, 15) is 0 Å². The van der Waals surface area contributed by atoms with Crippen LogP contribution in [0.2, 0.25) is 0 Å². The van der Waals surface area contributed by atoms with Crippen molar-refractivity contribution in [1.82, 2.24) is 15.0 Å². The van der Waals surface area contributed by atoms with E-state index in [-0.39, 0.29) is 0 Å². The highest BCUT2D eigenvalue weighted by Crippen LogP contribution is 2.37. The van der Waals surface area contributed by atoms with Gasteiger partial charge in [-0.3, -0.25) is 0 Å². The van der Waals surface area contributed by atoms with Gasteiger partial charge in [0, 0.05) is 16.7 Å². The van der Waals surface area contributed by atoms with Crippen molar-refractivity contribution in [1.29, 1.82) is 0 Å². The molecule has 1 heterocycles. The van der Waals surface area contributed by atoms with Gasteiger partial charge in [-0.2, -0.15) is 0 Å². The minimum absolute atomic E-state index is 0.625. The topological polar surface area (TPSA) is 38.7 Å². The van der Waals surface area contributed by atoms with E-state index in [1.165, 1.54) is 0 Å². The molecule has 0 bridgehead atoms. The summed E-state index contributed by atoms with van der Waals surface area (Å²) < 4.78 is 0. The molecule has 48 heavy (non-hydrogen) atoms. The van der Waals surface area contributed by atoms with Crippen molar-refractivity contribution in [2.45, 2.75) is 0 Å². The lowest BCUT2D eigenvalue weighted by Crippen LogP contribution is -2.02. The van der Waals surface area contributed by atoms with Crippen LogP contribution in [-0.2, 0) is 0 Å². The summed E-state index contributed by atoms with van der Waals surface area (Å²) >= 11 is 0. The van der Waals surface area contributed by atoms with Crippen LogP contribution >= 0.6 is 0 Å². The monoisotopic (exact) mass is 613 g/mol. The highest BCUT2D eigenvalue weighted by atomic mass is 15.0. The molecule has 226 valence electrons. The minimum atomic E-state index is 0.625. The number of benzene rings is 7. The van der Waals surface area contributed by atoms with E-state index in [1.54, 1.807) is 0 Å². The first-order valence-electron chi connectivity index (χ1n) is 16.1. The molecule has 0 fully saturated rings. The van der Waals surface area contributed by atoms with Gasteiger partial charge in [-0.1, -0.05) is 176 Å². The number of hydrogen-bond donors (Lipinski definition) is 0. The second kappa shape index (κ2) is 13.1. The Hall–Kier alpha value is -6.45. The first kappa shape index (κ1) is 29.0. The van der Waals surface area contributed by atoms with Gasteiger partial charge in [0.15, 0.2) is 17.5 Å². The lowest BCUT2D eigenvalue weighted by atomic mass is 9.94. The van der Waals surface area contributed by atoms with Crippen LogP contribution in [0.5, 0.6) is 0 Å². The standard InChI is InChI=1S/C45H31N3/c1-5-16-32(17-6-1)36-24-15-25-38(30-36)43-46-44(41-27-14-13-26-39(41)34-20-9-3-10-21-34)48-45(47-43)42-31-37(33-18-7-2-8-19-33)28-29-40(42)35-22-11-4-12-23-35/h1-31H. The summed E-state index contributed by atoms with van der Waals surface area (Å²) in [6.45, 7) is 0. The Morgan fingerprint density at radius 2 is 0.604 bits per heavy atom. The Morgan fingerprint density at radius 1 is 0.208 bits per heavy atom. The van der Waals surface area contributed by atoms with Crippen molar-refractivity contribution in [3.63, 3.8) is 0 Å². The minimum Gasteiger partial charge on any atom is -0.208 e. The van der Waals surface area contributed by atoms with Gasteiger partial charge in [-0.25, -0.2) is 15.0 Å². The summed E-state index contributed by atoms with van der Waals surface area (Å²) in [6.07, 6.45) is 0. The molecule has 0 N–H and O–H groups in total. The fourth-order valence-electron chi connectivity index (χ4n) is 6.17. The van der Waals surface area contributed by atoms with Gasteiger partial charge in [0.1, 0.15) is 0 Å². The van der Waals surface area contributed by atoms with E-state index in [4.69, 9.17) is 15.0 Å². The normalized spacial score (nSPS) is 10.9. The molecule has 0 spiro atoms. The Kier molecular flexibility index (Phi) is 7.92. The predicted octanol–water partition coefficient (Wildman–Crippen LogP) is 11.5. The van der Waals surface area contributed by atoms with Crippen LogP contribution in [0.1, 0.15) is 0 Å². The lowest BCUT2D eigenvalue weighted by molar-refractivity contribution is 1.07. The van der Waals surface area contributed by atoms with E-state index in [1.807, 2.05) is 30.3 Å². The molecule has 8 aromatic rings. The first-order chi connectivity index (χ1) is 23.8. The van der Waals surface area contributed by atoms with E-state index < -0.39 is 0 Å². The molecule has 0 unspecified atom stereocenters. The zero-order chi connectivity index (χ0) is 32.1. The molecule has 0 radical (unpaired) electrons. The average Bonchev–Trinajstić information content (AvgIpc) is 3.19. The molecular formula is C45H31N3. The summed E-state index contributed by atoms with van der Waals surface area (Å²) in [5.41, 5.74) is 11.7. The Bertz CT molecular complexity index is 2320. The third kappa shape index (κ3) is 5.93. The second-order valence-electron chi connectivity index (χ2n) is 11.7. The van der Waals surface area contributed by atoms with E-state index in [0.29, 0.717) is 17.5 Å². The maximum atomic E-state index is 5.26. The van der Waals surface area contributed by atoms with Gasteiger partial charge in [-0.05, 0) is 56.6 Å². The van der Waals surface area contributed by atoms with E-state index in [2.05, 4.69) is 158 Å². The summed E-state index contributed by atoms with van der Waals surface area (Å²) in [5.74, 6) is 1.88. The van der Waals surface area contributed by atoms with Crippen LogP contribution in [0, 0.1) is 0 Å². The number of aromatic nitrogens is 3. The maximum Gasteiger partial charge on any atom is 0.164 e. The molecule has 7 aromatic carbocycles. The van der Waals surface area contributed by atoms with Gasteiger partial charge < -0.3 is 0 Å². The molecule has 3 heteroatoms. The van der Waals surface area contributed by atoms with Crippen molar-refractivity contribution >= 4 is 0 Å². The summed E-state index contributed by atoms with van der Waals surface area (Å²) in [7, 11) is 0. The third-order valence-corrected chi connectivity index (χ3v) is 8.57. The van der Waals surface area contributed by atoms with Gasteiger partial charge in [0.2, 0.25) is 0 Å². The highest BCUT2D eigenvalue weighted by molar-refractivity contribution is 5.87.